The van der Waals surface area contributed by atoms with Gasteiger partial charge in [0.1, 0.15) is 5.75 Å². The summed E-state index contributed by atoms with van der Waals surface area (Å²) < 4.78 is 5.99. The summed E-state index contributed by atoms with van der Waals surface area (Å²) in [5.41, 5.74) is 2.28. The van der Waals surface area contributed by atoms with Gasteiger partial charge in [-0.2, -0.15) is 0 Å². The van der Waals surface area contributed by atoms with E-state index in [0.717, 1.165) is 25.1 Å². The lowest BCUT2D eigenvalue weighted by Gasteiger charge is -2.28. The van der Waals surface area contributed by atoms with E-state index < -0.39 is 0 Å². The van der Waals surface area contributed by atoms with Crippen molar-refractivity contribution in [1.82, 2.24) is 5.32 Å². The molecule has 3 heteroatoms. The normalized spacial score (nSPS) is 14.2. The molecule has 0 spiro atoms. The molecule has 1 aromatic carbocycles. The first-order chi connectivity index (χ1) is 9.91. The van der Waals surface area contributed by atoms with Crippen LogP contribution in [0.3, 0.4) is 0 Å². The maximum absolute atomic E-state index is 9.48. The van der Waals surface area contributed by atoms with E-state index in [1.807, 2.05) is 0 Å². The summed E-state index contributed by atoms with van der Waals surface area (Å²) in [4.78, 5) is 0. The van der Waals surface area contributed by atoms with E-state index in [4.69, 9.17) is 4.74 Å². The maximum atomic E-state index is 9.48. The van der Waals surface area contributed by atoms with Crippen molar-refractivity contribution in [2.24, 2.45) is 0 Å². The van der Waals surface area contributed by atoms with E-state index in [0.29, 0.717) is 12.5 Å². The van der Waals surface area contributed by atoms with Crippen LogP contribution in [0, 0.1) is 6.92 Å². The van der Waals surface area contributed by atoms with Gasteiger partial charge in [0.05, 0.1) is 13.2 Å². The fourth-order valence-electron chi connectivity index (χ4n) is 2.54. The zero-order valence-corrected chi connectivity index (χ0v) is 14.2. The fraction of sp³-hybridized carbons (Fsp3) is 0.667. The van der Waals surface area contributed by atoms with Gasteiger partial charge in [0.15, 0.2) is 0 Å². The number of rotatable bonds is 9. The highest BCUT2D eigenvalue weighted by Gasteiger charge is 2.21. The van der Waals surface area contributed by atoms with Crippen molar-refractivity contribution >= 4 is 0 Å². The summed E-state index contributed by atoms with van der Waals surface area (Å²) in [5, 5.41) is 12.8. The molecule has 0 radical (unpaired) electrons. The molecule has 2 N–H and O–H groups in total. The molecule has 1 unspecified atom stereocenters. The summed E-state index contributed by atoms with van der Waals surface area (Å²) in [5.74, 6) is 1.46. The third-order valence-corrected chi connectivity index (χ3v) is 3.87. The van der Waals surface area contributed by atoms with Gasteiger partial charge in [-0.05, 0) is 56.3 Å². The number of aliphatic hydroxyl groups is 1. The topological polar surface area (TPSA) is 41.5 Å². The minimum Gasteiger partial charge on any atom is -0.493 e. The lowest BCUT2D eigenvalue weighted by molar-refractivity contribution is 0.157. The van der Waals surface area contributed by atoms with E-state index in [2.05, 4.69) is 58.1 Å². The molecule has 0 fully saturated rings. The summed E-state index contributed by atoms with van der Waals surface area (Å²) in [6, 6.07) is 6.41. The standard InChI is InChI=1S/C18H31NO2/c1-6-19-18(5,13-20)10-7-11-21-17-12-15(4)8-9-16(17)14(2)3/h8-9,12,14,19-20H,6-7,10-11,13H2,1-5H3. The van der Waals surface area contributed by atoms with Crippen molar-refractivity contribution in [3.05, 3.63) is 29.3 Å². The molecule has 1 rings (SSSR count). The van der Waals surface area contributed by atoms with Crippen LogP contribution in [0.1, 0.15) is 57.6 Å². The Bertz CT molecular complexity index is 431. The highest BCUT2D eigenvalue weighted by atomic mass is 16.5. The predicted molar refractivity (Wildman–Crippen MR) is 89.2 cm³/mol. The SMILES string of the molecule is CCNC(C)(CO)CCCOc1cc(C)ccc1C(C)C. The molecule has 0 amide bonds. The molecule has 120 valence electrons. The molecule has 0 aromatic heterocycles. The highest BCUT2D eigenvalue weighted by molar-refractivity contribution is 5.39. The smallest absolute Gasteiger partial charge is 0.122 e. The molecule has 0 heterocycles. The second-order valence-electron chi connectivity index (χ2n) is 6.40. The van der Waals surface area contributed by atoms with Crippen molar-refractivity contribution < 1.29 is 9.84 Å². The van der Waals surface area contributed by atoms with Gasteiger partial charge in [-0.1, -0.05) is 32.9 Å². The quantitative estimate of drug-likeness (QED) is 0.683. The molecule has 0 saturated carbocycles. The number of aryl methyl sites for hydroxylation is 1. The van der Waals surface area contributed by atoms with Gasteiger partial charge in [0.2, 0.25) is 0 Å². The van der Waals surface area contributed by atoms with Gasteiger partial charge < -0.3 is 15.2 Å². The van der Waals surface area contributed by atoms with Crippen LogP contribution < -0.4 is 10.1 Å². The second kappa shape index (κ2) is 8.40. The van der Waals surface area contributed by atoms with Gasteiger partial charge in [-0.25, -0.2) is 0 Å². The summed E-state index contributed by atoms with van der Waals surface area (Å²) in [6.45, 7) is 12.3. The Morgan fingerprint density at radius 3 is 2.62 bits per heavy atom. The molecule has 0 bridgehead atoms. The summed E-state index contributed by atoms with van der Waals surface area (Å²) >= 11 is 0. The monoisotopic (exact) mass is 293 g/mol. The minimum atomic E-state index is -0.203. The van der Waals surface area contributed by atoms with E-state index in [-0.39, 0.29) is 12.1 Å². The van der Waals surface area contributed by atoms with Crippen LogP contribution in [-0.4, -0.2) is 30.4 Å². The molecule has 1 aromatic rings. The highest BCUT2D eigenvalue weighted by Crippen LogP contribution is 2.27. The molecule has 1 atom stereocenters. The zero-order chi connectivity index (χ0) is 15.9. The third kappa shape index (κ3) is 5.68. The first-order valence-corrected chi connectivity index (χ1v) is 8.01. The average molecular weight is 293 g/mol. The Morgan fingerprint density at radius 2 is 2.05 bits per heavy atom. The first-order valence-electron chi connectivity index (χ1n) is 8.01. The lowest BCUT2D eigenvalue weighted by atomic mass is 9.97. The van der Waals surface area contributed by atoms with Gasteiger partial charge in [-0.3, -0.25) is 0 Å². The Kier molecular flexibility index (Phi) is 7.20. The largest absolute Gasteiger partial charge is 0.493 e. The number of likely N-dealkylation sites (N-methyl/N-ethyl adjacent to an activating group) is 1. The number of aliphatic hydroxyl groups excluding tert-OH is 1. The van der Waals surface area contributed by atoms with Crippen molar-refractivity contribution in [1.29, 1.82) is 0 Å². The van der Waals surface area contributed by atoms with Gasteiger partial charge in [0, 0.05) is 5.54 Å². The van der Waals surface area contributed by atoms with Crippen molar-refractivity contribution in [2.45, 2.75) is 58.9 Å². The maximum Gasteiger partial charge on any atom is 0.122 e. The third-order valence-electron chi connectivity index (χ3n) is 3.87. The zero-order valence-electron chi connectivity index (χ0n) is 14.2. The van der Waals surface area contributed by atoms with Crippen molar-refractivity contribution in [3.63, 3.8) is 0 Å². The Hall–Kier alpha value is -1.06. The summed E-state index contributed by atoms with van der Waals surface area (Å²) in [7, 11) is 0. The molecule has 21 heavy (non-hydrogen) atoms. The van der Waals surface area contributed by atoms with E-state index in [9.17, 15) is 5.11 Å². The average Bonchev–Trinajstić information content (AvgIpc) is 2.44. The molecular weight excluding hydrogens is 262 g/mol. The Labute approximate surface area is 129 Å². The van der Waals surface area contributed by atoms with Gasteiger partial charge >= 0.3 is 0 Å². The van der Waals surface area contributed by atoms with Gasteiger partial charge in [-0.15, -0.1) is 0 Å². The van der Waals surface area contributed by atoms with Crippen molar-refractivity contribution in [3.8, 4) is 5.75 Å². The number of benzene rings is 1. The number of ether oxygens (including phenoxy) is 1. The molecule has 3 nitrogen and oxygen atoms in total. The van der Waals surface area contributed by atoms with Crippen LogP contribution in [0.5, 0.6) is 5.75 Å². The van der Waals surface area contributed by atoms with E-state index in [1.54, 1.807) is 0 Å². The van der Waals surface area contributed by atoms with E-state index in [1.165, 1.54) is 11.1 Å². The lowest BCUT2D eigenvalue weighted by Crippen LogP contribution is -2.45. The van der Waals surface area contributed by atoms with Crippen LogP contribution in [-0.2, 0) is 0 Å². The fourth-order valence-corrected chi connectivity index (χ4v) is 2.54. The number of hydrogen-bond acceptors (Lipinski definition) is 3. The number of nitrogens with one attached hydrogen (secondary N) is 1. The summed E-state index contributed by atoms with van der Waals surface area (Å²) in [6.07, 6.45) is 1.83. The molecule has 0 aliphatic rings. The Morgan fingerprint density at radius 1 is 1.33 bits per heavy atom. The van der Waals surface area contributed by atoms with Gasteiger partial charge in [0.25, 0.3) is 0 Å². The number of hydrogen-bond donors (Lipinski definition) is 2. The van der Waals surface area contributed by atoms with Crippen LogP contribution in [0.15, 0.2) is 18.2 Å². The second-order valence-corrected chi connectivity index (χ2v) is 6.40. The van der Waals surface area contributed by atoms with Crippen LogP contribution >= 0.6 is 0 Å². The molecular formula is C18H31NO2. The van der Waals surface area contributed by atoms with Crippen molar-refractivity contribution in [2.75, 3.05) is 19.8 Å². The molecule has 0 saturated heterocycles. The molecule has 0 aliphatic heterocycles. The van der Waals surface area contributed by atoms with Crippen LogP contribution in [0.2, 0.25) is 0 Å². The Balaban J connectivity index is 2.54. The van der Waals surface area contributed by atoms with E-state index >= 15 is 0 Å². The van der Waals surface area contributed by atoms with Crippen LogP contribution in [0.4, 0.5) is 0 Å². The predicted octanol–water partition coefficient (Wildman–Crippen LogP) is 3.64. The molecule has 0 aliphatic carbocycles. The van der Waals surface area contributed by atoms with Crippen LogP contribution in [0.25, 0.3) is 0 Å². The minimum absolute atomic E-state index is 0.155. The first kappa shape index (κ1) is 18.0.